The Balaban J connectivity index is 0. The van der Waals surface area contributed by atoms with Crippen molar-refractivity contribution in [3.8, 4) is 0 Å². The van der Waals surface area contributed by atoms with E-state index in [1.165, 1.54) is 167 Å². The summed E-state index contributed by atoms with van der Waals surface area (Å²) in [5.74, 6) is -0.863. The first-order chi connectivity index (χ1) is 19.7. The number of hydrogen-bond acceptors (Lipinski definition) is 3. The third-order valence-corrected chi connectivity index (χ3v) is 8.87. The number of nitrogens with zero attached hydrogens (tertiary/aromatic N) is 1. The SMILES string of the molecule is CCCCCCCCCCCCCCCCN(CCCCCCCCCCCCCCCC)C(CCC)C(=O)[O-].[Na+]. The normalized spacial score (nSPS) is 12.1. The fraction of sp³-hybridized carbons (Fsp3) is 0.973. The van der Waals surface area contributed by atoms with Crippen LogP contribution >= 0.6 is 0 Å². The Hall–Kier alpha value is 0.430. The van der Waals surface area contributed by atoms with Crippen LogP contribution in [-0.4, -0.2) is 30.0 Å². The van der Waals surface area contributed by atoms with Crippen LogP contribution in [0.3, 0.4) is 0 Å². The molecule has 0 rings (SSSR count). The second kappa shape index (κ2) is 36.6. The van der Waals surface area contributed by atoms with Gasteiger partial charge in [0.05, 0.1) is 5.97 Å². The Bertz CT molecular complexity index is 469. The molecular formula is C37H74NNaO2. The first kappa shape index (κ1) is 43.6. The summed E-state index contributed by atoms with van der Waals surface area (Å²) >= 11 is 0. The zero-order valence-electron chi connectivity index (χ0n) is 29.0. The van der Waals surface area contributed by atoms with Crippen LogP contribution in [0.15, 0.2) is 0 Å². The summed E-state index contributed by atoms with van der Waals surface area (Å²) in [6.07, 6.45) is 39.7. The molecule has 0 aliphatic heterocycles. The number of carboxylic acids is 1. The van der Waals surface area contributed by atoms with E-state index in [0.29, 0.717) is 0 Å². The topological polar surface area (TPSA) is 43.4 Å². The summed E-state index contributed by atoms with van der Waals surface area (Å²) in [7, 11) is 0. The second-order valence-corrected chi connectivity index (χ2v) is 12.9. The van der Waals surface area contributed by atoms with Crippen molar-refractivity contribution in [3.63, 3.8) is 0 Å². The molecule has 0 heterocycles. The molecule has 240 valence electrons. The molecule has 0 radical (unpaired) electrons. The number of rotatable bonds is 34. The fourth-order valence-electron chi connectivity index (χ4n) is 6.17. The number of carbonyl (C=O) groups is 1. The van der Waals surface area contributed by atoms with Gasteiger partial charge in [0, 0.05) is 6.04 Å². The number of carbonyl (C=O) groups excluding carboxylic acids is 1. The maximum atomic E-state index is 11.9. The Labute approximate surface area is 281 Å². The van der Waals surface area contributed by atoms with Gasteiger partial charge in [0.2, 0.25) is 0 Å². The molecule has 1 unspecified atom stereocenters. The van der Waals surface area contributed by atoms with Crippen molar-refractivity contribution < 1.29 is 39.5 Å². The van der Waals surface area contributed by atoms with Crippen molar-refractivity contribution in [2.75, 3.05) is 13.1 Å². The van der Waals surface area contributed by atoms with Gasteiger partial charge in [0.25, 0.3) is 0 Å². The third-order valence-electron chi connectivity index (χ3n) is 8.87. The quantitative estimate of drug-likeness (QED) is 0.0563. The number of unbranched alkanes of at least 4 members (excludes halogenated alkanes) is 26. The number of aliphatic carboxylic acids is 1. The van der Waals surface area contributed by atoms with E-state index in [2.05, 4.69) is 25.7 Å². The second-order valence-electron chi connectivity index (χ2n) is 12.9. The maximum absolute atomic E-state index is 11.9. The Morgan fingerprint density at radius 1 is 0.439 bits per heavy atom. The summed E-state index contributed by atoms with van der Waals surface area (Å²) in [6.45, 7) is 8.51. The predicted molar refractivity (Wildman–Crippen MR) is 176 cm³/mol. The van der Waals surface area contributed by atoms with Gasteiger partial charge < -0.3 is 9.90 Å². The fourth-order valence-corrected chi connectivity index (χ4v) is 6.17. The van der Waals surface area contributed by atoms with Crippen LogP contribution in [0, 0.1) is 0 Å². The van der Waals surface area contributed by atoms with Gasteiger partial charge in [-0.25, -0.2) is 0 Å². The molecule has 0 bridgehead atoms. The van der Waals surface area contributed by atoms with E-state index < -0.39 is 12.0 Å². The van der Waals surface area contributed by atoms with Crippen molar-refractivity contribution in [1.29, 1.82) is 0 Å². The minimum atomic E-state index is -0.863. The molecule has 0 saturated heterocycles. The van der Waals surface area contributed by atoms with Crippen molar-refractivity contribution >= 4 is 5.97 Å². The van der Waals surface area contributed by atoms with Crippen molar-refractivity contribution in [1.82, 2.24) is 4.90 Å². The third kappa shape index (κ3) is 31.7. The Kier molecular flexibility index (Phi) is 38.9. The van der Waals surface area contributed by atoms with E-state index in [9.17, 15) is 9.90 Å². The zero-order chi connectivity index (χ0) is 29.4. The van der Waals surface area contributed by atoms with Gasteiger partial charge in [0.15, 0.2) is 0 Å². The van der Waals surface area contributed by atoms with Gasteiger partial charge in [-0.2, -0.15) is 0 Å². The molecule has 4 heteroatoms. The van der Waals surface area contributed by atoms with E-state index in [-0.39, 0.29) is 29.6 Å². The Morgan fingerprint density at radius 3 is 0.902 bits per heavy atom. The minimum Gasteiger partial charge on any atom is -0.548 e. The Morgan fingerprint density at radius 2 is 0.683 bits per heavy atom. The molecule has 0 aliphatic rings. The average Bonchev–Trinajstić information content (AvgIpc) is 2.95. The van der Waals surface area contributed by atoms with Crippen molar-refractivity contribution in [2.24, 2.45) is 0 Å². The van der Waals surface area contributed by atoms with Crippen LogP contribution in [0.1, 0.15) is 213 Å². The average molecular weight is 588 g/mol. The molecule has 0 N–H and O–H groups in total. The van der Waals surface area contributed by atoms with Crippen molar-refractivity contribution in [3.05, 3.63) is 0 Å². The monoisotopic (exact) mass is 588 g/mol. The molecule has 0 amide bonds. The van der Waals surface area contributed by atoms with Gasteiger partial charge in [-0.1, -0.05) is 194 Å². The summed E-state index contributed by atoms with van der Waals surface area (Å²) in [4.78, 5) is 14.1. The first-order valence-electron chi connectivity index (χ1n) is 18.6. The van der Waals surface area contributed by atoms with E-state index in [0.717, 1.165) is 38.8 Å². The van der Waals surface area contributed by atoms with E-state index in [4.69, 9.17) is 0 Å². The maximum Gasteiger partial charge on any atom is 1.00 e. The summed E-state index contributed by atoms with van der Waals surface area (Å²) in [5, 5.41) is 11.9. The van der Waals surface area contributed by atoms with Gasteiger partial charge in [-0.05, 0) is 32.4 Å². The van der Waals surface area contributed by atoms with Crippen LogP contribution in [-0.2, 0) is 4.79 Å². The van der Waals surface area contributed by atoms with Crippen LogP contribution in [0.4, 0.5) is 0 Å². The van der Waals surface area contributed by atoms with Gasteiger partial charge in [-0.3, -0.25) is 4.90 Å². The van der Waals surface area contributed by atoms with Gasteiger partial charge in [-0.15, -0.1) is 0 Å². The van der Waals surface area contributed by atoms with Crippen LogP contribution in [0.5, 0.6) is 0 Å². The molecule has 0 saturated carbocycles. The predicted octanol–water partition coefficient (Wildman–Crippen LogP) is 8.17. The molecule has 0 aromatic heterocycles. The minimum absolute atomic E-state index is 0. The summed E-state index contributed by atoms with van der Waals surface area (Å²) in [5.41, 5.74) is 0. The molecule has 0 spiro atoms. The molecule has 3 nitrogen and oxygen atoms in total. The standard InChI is InChI=1S/C37H75NO2.Na/c1-4-7-9-11-13-15-17-19-21-23-25-27-29-31-34-38(36(33-6-3)37(39)40)35-32-30-28-26-24-22-20-18-16-14-12-10-8-5-2;/h36H,4-35H2,1-3H3,(H,39,40);/q;+1/p-1. The molecule has 1 atom stereocenters. The van der Waals surface area contributed by atoms with Gasteiger partial charge >= 0.3 is 29.6 Å². The zero-order valence-corrected chi connectivity index (χ0v) is 31.0. The molecule has 0 fully saturated rings. The molecular weight excluding hydrogens is 513 g/mol. The van der Waals surface area contributed by atoms with E-state index in [1.54, 1.807) is 0 Å². The smallest absolute Gasteiger partial charge is 0.548 e. The van der Waals surface area contributed by atoms with Crippen LogP contribution in [0.2, 0.25) is 0 Å². The molecule has 0 aromatic rings. The summed E-state index contributed by atoms with van der Waals surface area (Å²) in [6, 6.07) is -0.394. The van der Waals surface area contributed by atoms with Crippen LogP contribution in [0.25, 0.3) is 0 Å². The van der Waals surface area contributed by atoms with Gasteiger partial charge in [0.1, 0.15) is 0 Å². The summed E-state index contributed by atoms with van der Waals surface area (Å²) < 4.78 is 0. The first-order valence-corrected chi connectivity index (χ1v) is 18.6. The van der Waals surface area contributed by atoms with E-state index in [1.807, 2.05) is 0 Å². The molecule has 41 heavy (non-hydrogen) atoms. The van der Waals surface area contributed by atoms with E-state index >= 15 is 0 Å². The van der Waals surface area contributed by atoms with Crippen molar-refractivity contribution in [2.45, 2.75) is 219 Å². The largest absolute Gasteiger partial charge is 1.00 e. The number of hydrogen-bond donors (Lipinski definition) is 0. The molecule has 0 aliphatic carbocycles. The molecule has 0 aromatic carbocycles. The van der Waals surface area contributed by atoms with Crippen LogP contribution < -0.4 is 34.7 Å². The number of carboxylic acid groups (broad SMARTS) is 1.